The lowest BCUT2D eigenvalue weighted by Crippen LogP contribution is -2.41. The van der Waals surface area contributed by atoms with E-state index in [-0.39, 0.29) is 8.81 Å². The first-order chi connectivity index (χ1) is 4.48. The lowest BCUT2D eigenvalue weighted by Gasteiger charge is -2.38. The number of nitrogens with zero attached hydrogens (tertiary/aromatic N) is 2. The van der Waals surface area contributed by atoms with Gasteiger partial charge in [0.15, 0.2) is 6.23 Å². The maximum absolute atomic E-state index is 11.0. The molecule has 0 aliphatic carbocycles. The predicted molar refractivity (Wildman–Crippen MR) is 40.0 cm³/mol. The predicted octanol–water partition coefficient (Wildman–Crippen LogP) is 0.998. The van der Waals surface area contributed by atoms with Gasteiger partial charge in [-0.2, -0.15) is 5.26 Å². The normalized spacial score (nSPS) is 15.5. The summed E-state index contributed by atoms with van der Waals surface area (Å²) in [5.41, 5.74) is 0. The van der Waals surface area contributed by atoms with Crippen molar-refractivity contribution in [2.24, 2.45) is 0 Å². The van der Waals surface area contributed by atoms with Crippen molar-refractivity contribution in [1.29, 1.82) is 5.26 Å². The first-order valence-electron chi connectivity index (χ1n) is 2.83. The van der Waals surface area contributed by atoms with Gasteiger partial charge in [0.1, 0.15) is 14.6 Å². The molecule has 0 rings (SSSR count). The summed E-state index contributed by atoms with van der Waals surface area (Å²) in [6.45, 7) is 1.65. The van der Waals surface area contributed by atoms with Crippen LogP contribution in [-0.4, -0.2) is 25.0 Å². The van der Waals surface area contributed by atoms with E-state index in [4.69, 9.17) is 9.79 Å². The highest BCUT2D eigenvalue weighted by molar-refractivity contribution is 7.38. The first kappa shape index (κ1) is 9.80. The molecule has 0 aromatic heterocycles. The molecular weight excluding hydrogens is 151 g/mol. The first-order valence-corrected chi connectivity index (χ1v) is 3.73. The molecule has 0 aliphatic rings. The Morgan fingerprint density at radius 3 is 2.50 bits per heavy atom. The minimum Gasteiger partial charge on any atom is -0.631 e. The Kier molecular flexibility index (Phi) is 3.77. The summed E-state index contributed by atoms with van der Waals surface area (Å²) in [5.74, 6) is 1.83. The molecule has 0 saturated heterocycles. The van der Waals surface area contributed by atoms with E-state index in [9.17, 15) is 5.21 Å². The number of hydroxylamine groups is 3. The molecule has 0 heterocycles. The Labute approximate surface area is 62.4 Å². The van der Waals surface area contributed by atoms with Crippen molar-refractivity contribution < 1.29 is 9.17 Å². The average molecular weight is 162 g/mol. The molecule has 0 bridgehead atoms. The van der Waals surface area contributed by atoms with Crippen molar-refractivity contribution in [3.05, 3.63) is 5.21 Å². The van der Waals surface area contributed by atoms with Crippen LogP contribution in [0.4, 0.5) is 0 Å². The van der Waals surface area contributed by atoms with Gasteiger partial charge in [-0.05, 0) is 0 Å². The van der Waals surface area contributed by atoms with Gasteiger partial charge in [0, 0.05) is 6.92 Å². The van der Waals surface area contributed by atoms with E-state index in [0.29, 0.717) is 0 Å². The highest BCUT2D eigenvalue weighted by Gasteiger charge is 2.13. The molecule has 5 heteroatoms. The van der Waals surface area contributed by atoms with Gasteiger partial charge in [-0.15, -0.1) is 0 Å². The molecule has 4 nitrogen and oxygen atoms in total. The van der Waals surface area contributed by atoms with Crippen molar-refractivity contribution >= 4 is 8.81 Å². The van der Waals surface area contributed by atoms with Crippen LogP contribution in [0.2, 0.25) is 0 Å². The smallest absolute Gasteiger partial charge is 0.194 e. The second-order valence-corrected chi connectivity index (χ2v) is 3.03. The molecule has 0 aromatic carbocycles. The number of hydrogen-bond acceptors (Lipinski definition) is 3. The van der Waals surface area contributed by atoms with Crippen molar-refractivity contribution in [2.45, 2.75) is 13.2 Å². The molecule has 0 radical (unpaired) electrons. The van der Waals surface area contributed by atoms with Crippen LogP contribution >= 0.6 is 8.81 Å². The maximum Gasteiger partial charge on any atom is 0.194 e. The number of nitriles is 1. The number of quaternary nitrogens is 1. The molecular formula is C5H11N2O2P. The second kappa shape index (κ2) is 3.85. The largest absolute Gasteiger partial charge is 0.631 e. The molecule has 0 N–H and O–H groups in total. The SMILES string of the molecule is CC(OPC#N)[N+](C)(C)[O-]. The summed E-state index contributed by atoms with van der Waals surface area (Å²) >= 11 is 0. The number of hydrogen-bond donors (Lipinski definition) is 0. The maximum atomic E-state index is 11.0. The van der Waals surface area contributed by atoms with Gasteiger partial charge < -0.3 is 9.85 Å². The molecule has 2 unspecified atom stereocenters. The molecule has 2 atom stereocenters. The van der Waals surface area contributed by atoms with Gasteiger partial charge in [0.25, 0.3) is 0 Å². The third-order valence-corrected chi connectivity index (χ3v) is 1.70. The van der Waals surface area contributed by atoms with Gasteiger partial charge in [0.2, 0.25) is 0 Å². The summed E-state index contributed by atoms with van der Waals surface area (Å²) in [6, 6.07) is 0. The van der Waals surface area contributed by atoms with Crippen LogP contribution in [0.15, 0.2) is 0 Å². The van der Waals surface area contributed by atoms with Gasteiger partial charge in [0.05, 0.1) is 14.1 Å². The molecule has 0 fully saturated rings. The molecule has 10 heavy (non-hydrogen) atoms. The summed E-state index contributed by atoms with van der Waals surface area (Å²) in [5, 5.41) is 19.1. The van der Waals surface area contributed by atoms with Gasteiger partial charge in [-0.1, -0.05) is 0 Å². The van der Waals surface area contributed by atoms with E-state index in [0.717, 1.165) is 0 Å². The Bertz CT molecular complexity index is 138. The minimum atomic E-state index is -0.519. The summed E-state index contributed by atoms with van der Waals surface area (Å²) < 4.78 is 4.36. The zero-order chi connectivity index (χ0) is 8.20. The fraction of sp³-hybridized carbons (Fsp3) is 0.800. The fourth-order valence-electron chi connectivity index (χ4n) is 0.239. The van der Waals surface area contributed by atoms with E-state index in [1.54, 1.807) is 6.92 Å². The zero-order valence-corrected chi connectivity index (χ0v) is 7.29. The average Bonchev–Trinajstić information content (AvgIpc) is 1.80. The van der Waals surface area contributed by atoms with E-state index >= 15 is 0 Å². The second-order valence-electron chi connectivity index (χ2n) is 2.37. The standard InChI is InChI=1S/C5H11N2O2P/c1-5(7(2,3)8)9-10-4-6/h5,10H,1-3H3. The third kappa shape index (κ3) is 3.76. The zero-order valence-electron chi connectivity index (χ0n) is 6.29. The monoisotopic (exact) mass is 162 g/mol. The topological polar surface area (TPSA) is 56.1 Å². The van der Waals surface area contributed by atoms with E-state index in [2.05, 4.69) is 0 Å². The molecule has 0 spiro atoms. The molecule has 0 amide bonds. The molecule has 58 valence electrons. The van der Waals surface area contributed by atoms with Crippen LogP contribution in [0.3, 0.4) is 0 Å². The van der Waals surface area contributed by atoms with Gasteiger partial charge in [-0.3, -0.25) is 4.52 Å². The van der Waals surface area contributed by atoms with Gasteiger partial charge >= 0.3 is 0 Å². The Balaban J connectivity index is 3.65. The lowest BCUT2D eigenvalue weighted by molar-refractivity contribution is -0.884. The Morgan fingerprint density at radius 2 is 2.20 bits per heavy atom. The van der Waals surface area contributed by atoms with Crippen molar-refractivity contribution in [1.82, 2.24) is 0 Å². The molecule has 0 aliphatic heterocycles. The molecule has 0 aromatic rings. The van der Waals surface area contributed by atoms with Crippen LogP contribution in [0.1, 0.15) is 6.92 Å². The van der Waals surface area contributed by atoms with Crippen LogP contribution < -0.4 is 0 Å². The van der Waals surface area contributed by atoms with Crippen LogP contribution in [0.5, 0.6) is 0 Å². The fourth-order valence-corrected chi connectivity index (χ4v) is 0.716. The van der Waals surface area contributed by atoms with E-state index in [1.165, 1.54) is 14.1 Å². The summed E-state index contributed by atoms with van der Waals surface area (Å²) in [4.78, 5) is 0. The summed E-state index contributed by atoms with van der Waals surface area (Å²) in [6.07, 6.45) is -0.460. The van der Waals surface area contributed by atoms with Crippen LogP contribution in [-0.2, 0) is 4.52 Å². The van der Waals surface area contributed by atoms with Crippen LogP contribution in [0.25, 0.3) is 0 Å². The quantitative estimate of drug-likeness (QED) is 0.269. The highest BCUT2D eigenvalue weighted by atomic mass is 31.1. The third-order valence-electron chi connectivity index (χ3n) is 1.15. The van der Waals surface area contributed by atoms with Crippen molar-refractivity contribution in [3.63, 3.8) is 0 Å². The Morgan fingerprint density at radius 1 is 1.70 bits per heavy atom. The molecule has 0 saturated carbocycles. The van der Waals surface area contributed by atoms with Crippen molar-refractivity contribution in [3.8, 4) is 5.81 Å². The van der Waals surface area contributed by atoms with Gasteiger partial charge in [-0.25, -0.2) is 0 Å². The van der Waals surface area contributed by atoms with Crippen LogP contribution in [0, 0.1) is 16.3 Å². The number of rotatable bonds is 3. The Hall–Kier alpha value is -0.200. The minimum absolute atomic E-state index is 0.241. The lowest BCUT2D eigenvalue weighted by atomic mass is 10.6. The highest BCUT2D eigenvalue weighted by Crippen LogP contribution is 2.16. The van der Waals surface area contributed by atoms with E-state index in [1.807, 2.05) is 5.81 Å². The van der Waals surface area contributed by atoms with E-state index < -0.39 is 10.9 Å². The summed E-state index contributed by atoms with van der Waals surface area (Å²) in [7, 11) is 2.72. The van der Waals surface area contributed by atoms with Crippen molar-refractivity contribution in [2.75, 3.05) is 14.1 Å².